The molecule has 0 saturated carbocycles. The van der Waals surface area contributed by atoms with Gasteiger partial charge >= 0.3 is 6.03 Å². The van der Waals surface area contributed by atoms with E-state index in [0.29, 0.717) is 34.9 Å². The Labute approximate surface area is 174 Å². The van der Waals surface area contributed by atoms with Crippen molar-refractivity contribution in [2.24, 2.45) is 0 Å². The second-order valence-corrected chi connectivity index (χ2v) is 7.36. The maximum absolute atomic E-state index is 12.4. The minimum atomic E-state index is -0.452. The third-order valence-electron chi connectivity index (χ3n) is 4.55. The number of para-hydroxylation sites is 1. The lowest BCUT2D eigenvalue weighted by atomic mass is 10.1. The van der Waals surface area contributed by atoms with E-state index >= 15 is 0 Å². The zero-order chi connectivity index (χ0) is 20.8. The van der Waals surface area contributed by atoms with Crippen molar-refractivity contribution in [3.8, 4) is 0 Å². The molecule has 7 nitrogen and oxygen atoms in total. The summed E-state index contributed by atoms with van der Waals surface area (Å²) in [6.45, 7) is 3.01. The molecule has 1 fully saturated rings. The fourth-order valence-corrected chi connectivity index (χ4v) is 3.31. The van der Waals surface area contributed by atoms with Gasteiger partial charge in [-0.15, -0.1) is 0 Å². The minimum Gasteiger partial charge on any atom is -0.341 e. The van der Waals surface area contributed by atoms with Crippen LogP contribution in [0.25, 0.3) is 0 Å². The number of nitrogens with zero attached hydrogens (tertiary/aromatic N) is 1. The number of carbonyl (C=O) groups is 3. The number of hydrogen-bond acceptors (Lipinski definition) is 3. The van der Waals surface area contributed by atoms with E-state index in [4.69, 9.17) is 11.6 Å². The zero-order valence-corrected chi connectivity index (χ0v) is 16.8. The van der Waals surface area contributed by atoms with Crippen LogP contribution in [-0.2, 0) is 4.79 Å². The molecule has 1 atom stereocenters. The molecule has 2 aromatic carbocycles. The lowest BCUT2D eigenvalue weighted by molar-refractivity contribution is -0.127. The van der Waals surface area contributed by atoms with Crippen molar-refractivity contribution in [3.63, 3.8) is 0 Å². The molecule has 29 heavy (non-hydrogen) atoms. The standard InChI is InChI=1S/C21H23ClN4O3/c1-14(13-26-11-5-8-19(26)27)23-21(29)25-18-12-15(9-10-17(18)22)20(28)24-16-6-3-2-4-7-16/h2-4,6-7,9-10,12,14H,5,8,11,13H2,1H3,(H,24,28)(H2,23,25,29)/t14-/m1/s1. The Morgan fingerprint density at radius 2 is 1.90 bits per heavy atom. The third-order valence-corrected chi connectivity index (χ3v) is 4.88. The molecule has 0 radical (unpaired) electrons. The Hall–Kier alpha value is -3.06. The summed E-state index contributed by atoms with van der Waals surface area (Å²) in [6.07, 6.45) is 1.41. The summed E-state index contributed by atoms with van der Waals surface area (Å²) >= 11 is 6.17. The van der Waals surface area contributed by atoms with Crippen LogP contribution in [0.5, 0.6) is 0 Å². The fraction of sp³-hybridized carbons (Fsp3) is 0.286. The second-order valence-electron chi connectivity index (χ2n) is 6.96. The molecule has 3 N–H and O–H groups in total. The van der Waals surface area contributed by atoms with Gasteiger partial charge in [0.05, 0.1) is 10.7 Å². The van der Waals surface area contributed by atoms with Gasteiger partial charge in [-0.3, -0.25) is 9.59 Å². The average Bonchev–Trinajstić information content (AvgIpc) is 3.08. The first-order valence-corrected chi connectivity index (χ1v) is 9.81. The van der Waals surface area contributed by atoms with Crippen molar-refractivity contribution in [2.45, 2.75) is 25.8 Å². The molecule has 0 unspecified atom stereocenters. The van der Waals surface area contributed by atoms with Crippen LogP contribution in [0.1, 0.15) is 30.1 Å². The Kier molecular flexibility index (Phi) is 6.72. The van der Waals surface area contributed by atoms with Crippen molar-refractivity contribution in [2.75, 3.05) is 23.7 Å². The van der Waals surface area contributed by atoms with E-state index in [0.717, 1.165) is 13.0 Å². The number of nitrogens with one attached hydrogen (secondary N) is 3. The van der Waals surface area contributed by atoms with E-state index in [1.807, 2.05) is 25.1 Å². The molecule has 1 aliphatic heterocycles. The highest BCUT2D eigenvalue weighted by atomic mass is 35.5. The van der Waals surface area contributed by atoms with Crippen LogP contribution in [0.4, 0.5) is 16.2 Å². The summed E-state index contributed by atoms with van der Waals surface area (Å²) < 4.78 is 0. The van der Waals surface area contributed by atoms with Gasteiger partial charge in [-0.05, 0) is 43.7 Å². The summed E-state index contributed by atoms with van der Waals surface area (Å²) in [5.74, 6) is -0.198. The van der Waals surface area contributed by atoms with E-state index in [9.17, 15) is 14.4 Å². The lowest BCUT2D eigenvalue weighted by Crippen LogP contribution is -2.44. The van der Waals surface area contributed by atoms with Crippen LogP contribution in [0.3, 0.4) is 0 Å². The molecule has 1 saturated heterocycles. The topological polar surface area (TPSA) is 90.5 Å². The largest absolute Gasteiger partial charge is 0.341 e. The number of likely N-dealkylation sites (tertiary alicyclic amines) is 1. The van der Waals surface area contributed by atoms with Crippen molar-refractivity contribution in [3.05, 3.63) is 59.1 Å². The summed E-state index contributed by atoms with van der Waals surface area (Å²) in [7, 11) is 0. The van der Waals surface area contributed by atoms with Crippen LogP contribution in [0, 0.1) is 0 Å². The summed E-state index contributed by atoms with van der Waals surface area (Å²) in [5, 5.41) is 8.56. The van der Waals surface area contributed by atoms with E-state index in [-0.39, 0.29) is 17.9 Å². The summed E-state index contributed by atoms with van der Waals surface area (Å²) in [6, 6.07) is 13.1. The first-order chi connectivity index (χ1) is 13.9. The molecule has 1 heterocycles. The maximum atomic E-state index is 12.4. The zero-order valence-electron chi connectivity index (χ0n) is 16.1. The maximum Gasteiger partial charge on any atom is 0.319 e. The molecule has 0 bridgehead atoms. The molecule has 0 aromatic heterocycles. The number of rotatable bonds is 6. The van der Waals surface area contributed by atoms with Crippen molar-refractivity contribution in [1.82, 2.24) is 10.2 Å². The molecule has 8 heteroatoms. The van der Waals surface area contributed by atoms with E-state index in [1.54, 1.807) is 29.2 Å². The van der Waals surface area contributed by atoms with Gasteiger partial charge in [0, 0.05) is 36.8 Å². The summed E-state index contributed by atoms with van der Waals surface area (Å²) in [5.41, 5.74) is 1.36. The van der Waals surface area contributed by atoms with Gasteiger partial charge in [0.25, 0.3) is 5.91 Å². The van der Waals surface area contributed by atoms with Gasteiger partial charge in [0.15, 0.2) is 0 Å². The monoisotopic (exact) mass is 414 g/mol. The van der Waals surface area contributed by atoms with Gasteiger partial charge in [0.1, 0.15) is 0 Å². The Morgan fingerprint density at radius 1 is 1.14 bits per heavy atom. The lowest BCUT2D eigenvalue weighted by Gasteiger charge is -2.22. The summed E-state index contributed by atoms with van der Waals surface area (Å²) in [4.78, 5) is 38.2. The van der Waals surface area contributed by atoms with Crippen LogP contribution < -0.4 is 16.0 Å². The predicted octanol–water partition coefficient (Wildman–Crippen LogP) is 3.72. The van der Waals surface area contributed by atoms with Crippen molar-refractivity contribution >= 4 is 40.8 Å². The molecule has 2 aromatic rings. The first-order valence-electron chi connectivity index (χ1n) is 9.43. The van der Waals surface area contributed by atoms with Gasteiger partial charge in [-0.2, -0.15) is 0 Å². The molecule has 0 spiro atoms. The predicted molar refractivity (Wildman–Crippen MR) is 113 cm³/mol. The van der Waals surface area contributed by atoms with Crippen LogP contribution >= 0.6 is 11.6 Å². The van der Waals surface area contributed by atoms with Crippen LogP contribution in [0.15, 0.2) is 48.5 Å². The highest BCUT2D eigenvalue weighted by Crippen LogP contribution is 2.23. The van der Waals surface area contributed by atoms with Gasteiger partial charge in [-0.25, -0.2) is 4.79 Å². The van der Waals surface area contributed by atoms with E-state index in [2.05, 4.69) is 16.0 Å². The Bertz CT molecular complexity index is 904. The van der Waals surface area contributed by atoms with Gasteiger partial charge in [-0.1, -0.05) is 29.8 Å². The SMILES string of the molecule is C[C@H](CN1CCCC1=O)NC(=O)Nc1cc(C(=O)Nc2ccccc2)ccc1Cl. The van der Waals surface area contributed by atoms with E-state index < -0.39 is 6.03 Å². The molecular formula is C21H23ClN4O3. The molecule has 0 aliphatic carbocycles. The second kappa shape index (κ2) is 9.43. The number of amides is 4. The fourth-order valence-electron chi connectivity index (χ4n) is 3.14. The number of carbonyl (C=O) groups excluding carboxylic acids is 3. The number of urea groups is 1. The molecule has 1 aliphatic rings. The Morgan fingerprint density at radius 3 is 2.59 bits per heavy atom. The van der Waals surface area contributed by atoms with Crippen LogP contribution in [-0.4, -0.2) is 41.9 Å². The average molecular weight is 415 g/mol. The number of halogens is 1. The Balaban J connectivity index is 1.59. The number of hydrogen-bond donors (Lipinski definition) is 3. The highest BCUT2D eigenvalue weighted by molar-refractivity contribution is 6.34. The number of anilines is 2. The van der Waals surface area contributed by atoms with Gasteiger partial charge in [0.2, 0.25) is 5.91 Å². The number of benzene rings is 2. The highest BCUT2D eigenvalue weighted by Gasteiger charge is 2.22. The van der Waals surface area contributed by atoms with Gasteiger partial charge < -0.3 is 20.9 Å². The van der Waals surface area contributed by atoms with Crippen LogP contribution in [0.2, 0.25) is 5.02 Å². The smallest absolute Gasteiger partial charge is 0.319 e. The minimum absolute atomic E-state index is 0.110. The molecule has 4 amide bonds. The van der Waals surface area contributed by atoms with Crippen molar-refractivity contribution in [1.29, 1.82) is 0 Å². The molecular weight excluding hydrogens is 392 g/mol. The first kappa shape index (κ1) is 20.7. The van der Waals surface area contributed by atoms with Crippen molar-refractivity contribution < 1.29 is 14.4 Å². The normalized spacial score (nSPS) is 14.4. The third kappa shape index (κ3) is 5.71. The quantitative estimate of drug-likeness (QED) is 0.672. The molecule has 3 rings (SSSR count). The van der Waals surface area contributed by atoms with E-state index in [1.165, 1.54) is 6.07 Å². The molecule has 152 valence electrons.